The van der Waals surface area contributed by atoms with Crippen LogP contribution in [0.25, 0.3) is 0 Å². The number of nitrogens with one attached hydrogen (secondary N) is 1. The lowest BCUT2D eigenvalue weighted by molar-refractivity contribution is -0.133. The van der Waals surface area contributed by atoms with Crippen molar-refractivity contribution in [3.05, 3.63) is 0 Å². The molecule has 4 aliphatic rings. The van der Waals surface area contributed by atoms with Crippen LogP contribution >= 0.6 is 0 Å². The second kappa shape index (κ2) is 2.71. The summed E-state index contributed by atoms with van der Waals surface area (Å²) in [5.74, 6) is 1.36. The molecule has 1 aliphatic heterocycles. The van der Waals surface area contributed by atoms with E-state index in [4.69, 9.17) is 5.73 Å². The SMILES string of the molecule is NC1(C2(O)CNC2)CC2CCC1CC2. The van der Waals surface area contributed by atoms with E-state index < -0.39 is 5.60 Å². The molecule has 0 amide bonds. The summed E-state index contributed by atoms with van der Waals surface area (Å²) in [6, 6.07) is 0. The molecule has 0 spiro atoms. The molecule has 3 heteroatoms. The number of hydrogen-bond donors (Lipinski definition) is 3. The number of aliphatic hydroxyl groups is 1. The lowest BCUT2D eigenvalue weighted by atomic mass is 9.54. The molecule has 1 saturated heterocycles. The summed E-state index contributed by atoms with van der Waals surface area (Å²) in [6.07, 6.45) is 6.21. The van der Waals surface area contributed by atoms with Crippen molar-refractivity contribution in [2.45, 2.75) is 43.2 Å². The van der Waals surface area contributed by atoms with E-state index >= 15 is 0 Å². The maximum Gasteiger partial charge on any atom is 0.108 e. The van der Waals surface area contributed by atoms with E-state index in [1.54, 1.807) is 0 Å². The first-order valence-electron chi connectivity index (χ1n) is 5.86. The molecule has 0 aromatic rings. The normalized spacial score (nSPS) is 50.1. The average Bonchev–Trinajstić information content (AvgIpc) is 2.15. The Hall–Kier alpha value is -0.120. The van der Waals surface area contributed by atoms with Crippen molar-refractivity contribution in [3.8, 4) is 0 Å². The minimum Gasteiger partial charge on any atom is -0.385 e. The molecule has 1 unspecified atom stereocenters. The third kappa shape index (κ3) is 0.980. The highest BCUT2D eigenvalue weighted by Gasteiger charge is 2.59. The first-order chi connectivity index (χ1) is 6.64. The van der Waals surface area contributed by atoms with Gasteiger partial charge < -0.3 is 16.2 Å². The Bertz CT molecular complexity index is 244. The molecule has 80 valence electrons. The molecule has 4 rings (SSSR count). The number of hydrogen-bond acceptors (Lipinski definition) is 3. The van der Waals surface area contributed by atoms with Gasteiger partial charge in [-0.3, -0.25) is 0 Å². The maximum absolute atomic E-state index is 10.4. The predicted molar refractivity (Wildman–Crippen MR) is 54.8 cm³/mol. The summed E-state index contributed by atoms with van der Waals surface area (Å²) in [5.41, 5.74) is 5.62. The van der Waals surface area contributed by atoms with Crippen LogP contribution in [-0.2, 0) is 0 Å². The smallest absolute Gasteiger partial charge is 0.108 e. The second-order valence-electron chi connectivity index (χ2n) is 5.60. The van der Waals surface area contributed by atoms with Crippen molar-refractivity contribution >= 4 is 0 Å². The number of fused-ring (bicyclic) bond motifs is 3. The topological polar surface area (TPSA) is 58.3 Å². The lowest BCUT2D eigenvalue weighted by Gasteiger charge is -2.60. The van der Waals surface area contributed by atoms with Crippen LogP contribution in [0.1, 0.15) is 32.1 Å². The minimum absolute atomic E-state index is 0.278. The van der Waals surface area contributed by atoms with Gasteiger partial charge in [0.25, 0.3) is 0 Å². The van der Waals surface area contributed by atoms with Crippen molar-refractivity contribution in [2.24, 2.45) is 17.6 Å². The van der Waals surface area contributed by atoms with Crippen molar-refractivity contribution < 1.29 is 5.11 Å². The van der Waals surface area contributed by atoms with E-state index in [1.165, 1.54) is 25.7 Å². The van der Waals surface area contributed by atoms with Gasteiger partial charge in [-0.1, -0.05) is 12.8 Å². The Morgan fingerprint density at radius 3 is 2.14 bits per heavy atom. The van der Waals surface area contributed by atoms with E-state index in [0.717, 1.165) is 12.3 Å². The average molecular weight is 196 g/mol. The van der Waals surface area contributed by atoms with Crippen molar-refractivity contribution in [1.82, 2.24) is 5.32 Å². The van der Waals surface area contributed by atoms with Crippen LogP contribution in [0.15, 0.2) is 0 Å². The fourth-order valence-electron chi connectivity index (χ4n) is 3.79. The molecule has 14 heavy (non-hydrogen) atoms. The molecular formula is C11H20N2O. The van der Waals surface area contributed by atoms with Gasteiger partial charge in [0.2, 0.25) is 0 Å². The molecule has 3 aliphatic carbocycles. The van der Waals surface area contributed by atoms with Gasteiger partial charge in [-0.25, -0.2) is 0 Å². The van der Waals surface area contributed by atoms with Crippen molar-refractivity contribution in [1.29, 1.82) is 0 Å². The van der Waals surface area contributed by atoms with E-state index in [2.05, 4.69) is 5.32 Å². The quantitative estimate of drug-likeness (QED) is 0.562. The van der Waals surface area contributed by atoms with Gasteiger partial charge >= 0.3 is 0 Å². The van der Waals surface area contributed by atoms with Gasteiger partial charge in [0.1, 0.15) is 5.60 Å². The third-order valence-electron chi connectivity index (χ3n) is 4.90. The summed E-state index contributed by atoms with van der Waals surface area (Å²) >= 11 is 0. The van der Waals surface area contributed by atoms with Crippen molar-refractivity contribution in [2.75, 3.05) is 13.1 Å². The summed E-state index contributed by atoms with van der Waals surface area (Å²) in [4.78, 5) is 0. The fourth-order valence-corrected chi connectivity index (χ4v) is 3.79. The first-order valence-corrected chi connectivity index (χ1v) is 5.86. The molecule has 3 nitrogen and oxygen atoms in total. The fraction of sp³-hybridized carbons (Fsp3) is 1.00. The monoisotopic (exact) mass is 196 g/mol. The molecule has 0 radical (unpaired) electrons. The van der Waals surface area contributed by atoms with Crippen LogP contribution in [-0.4, -0.2) is 29.3 Å². The Labute approximate surface area is 85.1 Å². The highest BCUT2D eigenvalue weighted by Crippen LogP contribution is 2.51. The molecule has 2 bridgehead atoms. The Morgan fingerprint density at radius 1 is 1.14 bits per heavy atom. The molecular weight excluding hydrogens is 176 g/mol. The van der Waals surface area contributed by atoms with E-state index in [0.29, 0.717) is 19.0 Å². The molecule has 1 atom stereocenters. The van der Waals surface area contributed by atoms with Crippen LogP contribution in [0, 0.1) is 11.8 Å². The number of β-amino-alcohol motifs (C(OH)–C–C–N with tert-alkyl or cyclic N) is 1. The first kappa shape index (κ1) is 9.13. The Balaban J connectivity index is 1.88. The summed E-state index contributed by atoms with van der Waals surface area (Å²) in [6.45, 7) is 1.40. The molecule has 3 saturated carbocycles. The second-order valence-corrected chi connectivity index (χ2v) is 5.60. The van der Waals surface area contributed by atoms with Crippen LogP contribution in [0.4, 0.5) is 0 Å². The zero-order chi connectivity index (χ0) is 9.81. The highest BCUT2D eigenvalue weighted by molar-refractivity contribution is 5.17. The Kier molecular flexibility index (Phi) is 1.77. The van der Waals surface area contributed by atoms with Gasteiger partial charge in [0, 0.05) is 13.1 Å². The van der Waals surface area contributed by atoms with E-state index in [-0.39, 0.29) is 5.54 Å². The number of nitrogens with two attached hydrogens (primary N) is 1. The minimum atomic E-state index is -0.600. The predicted octanol–water partition coefficient (Wildman–Crippen LogP) is 0.228. The Morgan fingerprint density at radius 2 is 1.79 bits per heavy atom. The zero-order valence-corrected chi connectivity index (χ0v) is 8.63. The van der Waals surface area contributed by atoms with Gasteiger partial charge in [0.15, 0.2) is 0 Å². The van der Waals surface area contributed by atoms with Gasteiger partial charge in [-0.2, -0.15) is 0 Å². The largest absolute Gasteiger partial charge is 0.385 e. The molecule has 1 heterocycles. The van der Waals surface area contributed by atoms with E-state index in [1.807, 2.05) is 0 Å². The van der Waals surface area contributed by atoms with Crippen molar-refractivity contribution in [3.63, 3.8) is 0 Å². The summed E-state index contributed by atoms with van der Waals surface area (Å²) < 4.78 is 0. The van der Waals surface area contributed by atoms with Crippen LogP contribution < -0.4 is 11.1 Å². The van der Waals surface area contributed by atoms with Crippen LogP contribution in [0.2, 0.25) is 0 Å². The zero-order valence-electron chi connectivity index (χ0n) is 8.63. The maximum atomic E-state index is 10.4. The van der Waals surface area contributed by atoms with Gasteiger partial charge in [0.05, 0.1) is 5.54 Å². The third-order valence-corrected chi connectivity index (χ3v) is 4.90. The number of rotatable bonds is 1. The molecule has 0 aromatic heterocycles. The lowest BCUT2D eigenvalue weighted by Crippen LogP contribution is -2.79. The van der Waals surface area contributed by atoms with Crippen LogP contribution in [0.3, 0.4) is 0 Å². The molecule has 4 fully saturated rings. The highest BCUT2D eigenvalue weighted by atomic mass is 16.3. The van der Waals surface area contributed by atoms with Gasteiger partial charge in [-0.15, -0.1) is 0 Å². The summed E-state index contributed by atoms with van der Waals surface area (Å²) in [5, 5.41) is 13.6. The molecule has 0 aromatic carbocycles. The van der Waals surface area contributed by atoms with Gasteiger partial charge in [-0.05, 0) is 31.1 Å². The van der Waals surface area contributed by atoms with Crippen LogP contribution in [0.5, 0.6) is 0 Å². The molecule has 4 N–H and O–H groups in total. The van der Waals surface area contributed by atoms with E-state index in [9.17, 15) is 5.11 Å². The standard InChI is InChI=1S/C11H20N2O/c12-11(10(14)6-13-7-10)5-8-1-3-9(11)4-2-8/h8-9,13-14H,1-7,12H2. The summed E-state index contributed by atoms with van der Waals surface area (Å²) in [7, 11) is 0.